The summed E-state index contributed by atoms with van der Waals surface area (Å²) in [6.45, 7) is 4.71. The molecule has 2 aliphatic heterocycles. The minimum absolute atomic E-state index is 0.202. The van der Waals surface area contributed by atoms with E-state index in [0.717, 1.165) is 48.0 Å². The highest BCUT2D eigenvalue weighted by Gasteiger charge is 2.34. The Balaban J connectivity index is 1.14. The minimum atomic E-state index is -0.608. The summed E-state index contributed by atoms with van der Waals surface area (Å²) >= 11 is 5.99. The van der Waals surface area contributed by atoms with Crippen molar-refractivity contribution in [3.63, 3.8) is 0 Å². The average molecular weight is 493 g/mol. The van der Waals surface area contributed by atoms with Crippen molar-refractivity contribution in [3.8, 4) is 5.75 Å². The topological polar surface area (TPSA) is 70.1 Å². The van der Waals surface area contributed by atoms with Crippen molar-refractivity contribution >= 4 is 34.2 Å². The van der Waals surface area contributed by atoms with Crippen LogP contribution in [0.4, 0.5) is 0 Å². The summed E-state index contributed by atoms with van der Waals surface area (Å²) < 4.78 is 5.78. The fraction of sp³-hybridized carbons (Fsp3) is 0.357. The zero-order chi connectivity index (χ0) is 24.5. The summed E-state index contributed by atoms with van der Waals surface area (Å²) in [5.74, 6) is 0.563. The third-order valence-corrected chi connectivity index (χ3v) is 7.28. The number of aliphatic hydroxyl groups excluding tert-OH is 1. The van der Waals surface area contributed by atoms with Crippen molar-refractivity contribution < 1.29 is 19.4 Å². The van der Waals surface area contributed by atoms with Crippen molar-refractivity contribution in [1.82, 2.24) is 9.80 Å². The molecule has 182 valence electrons. The molecule has 1 fully saturated rings. The number of β-amino-alcohol motifs (C(OH)–C–C–N with tert-alkyl or cyclic N) is 1. The van der Waals surface area contributed by atoms with Gasteiger partial charge in [-0.2, -0.15) is 0 Å². The van der Waals surface area contributed by atoms with Gasteiger partial charge in [-0.3, -0.25) is 14.5 Å². The molecule has 5 rings (SSSR count). The molecule has 6 nitrogen and oxygen atoms in total. The minimum Gasteiger partial charge on any atom is -0.491 e. The first-order valence-electron chi connectivity index (χ1n) is 12.1. The molecule has 0 radical (unpaired) electrons. The second-order valence-corrected chi connectivity index (χ2v) is 9.99. The predicted molar refractivity (Wildman–Crippen MR) is 136 cm³/mol. The third-order valence-electron chi connectivity index (χ3n) is 7.04. The van der Waals surface area contributed by atoms with E-state index >= 15 is 0 Å². The van der Waals surface area contributed by atoms with Crippen LogP contribution < -0.4 is 4.74 Å². The second kappa shape index (κ2) is 9.97. The lowest BCUT2D eigenvalue weighted by molar-refractivity contribution is 0.0452. The fourth-order valence-corrected chi connectivity index (χ4v) is 5.39. The number of halogens is 1. The maximum atomic E-state index is 13.2. The molecule has 1 saturated heterocycles. The summed E-state index contributed by atoms with van der Waals surface area (Å²) in [4.78, 5) is 30.0. The van der Waals surface area contributed by atoms with E-state index in [9.17, 15) is 14.7 Å². The molecule has 3 aromatic rings. The Morgan fingerprint density at radius 3 is 2.31 bits per heavy atom. The van der Waals surface area contributed by atoms with Crippen LogP contribution in [0.5, 0.6) is 5.75 Å². The smallest absolute Gasteiger partial charge is 0.261 e. The van der Waals surface area contributed by atoms with Crippen LogP contribution in [0.1, 0.15) is 39.1 Å². The summed E-state index contributed by atoms with van der Waals surface area (Å²) in [7, 11) is 0. The highest BCUT2D eigenvalue weighted by atomic mass is 35.5. The van der Waals surface area contributed by atoms with Crippen LogP contribution >= 0.6 is 11.6 Å². The second-order valence-electron chi connectivity index (χ2n) is 9.55. The first-order valence-corrected chi connectivity index (χ1v) is 12.5. The maximum absolute atomic E-state index is 13.2. The number of carbonyl (C=O) groups excluding carboxylic acids is 2. The number of benzene rings is 3. The molecule has 35 heavy (non-hydrogen) atoms. The van der Waals surface area contributed by atoms with Crippen molar-refractivity contribution in [2.75, 3.05) is 32.8 Å². The Hall–Kier alpha value is -2.93. The van der Waals surface area contributed by atoms with Gasteiger partial charge in [-0.1, -0.05) is 35.9 Å². The van der Waals surface area contributed by atoms with E-state index < -0.39 is 6.10 Å². The van der Waals surface area contributed by atoms with Gasteiger partial charge in [-0.25, -0.2) is 0 Å². The lowest BCUT2D eigenvalue weighted by atomic mass is 9.91. The molecule has 0 bridgehead atoms. The van der Waals surface area contributed by atoms with Gasteiger partial charge in [0.1, 0.15) is 18.5 Å². The van der Waals surface area contributed by atoms with Crippen LogP contribution in [0.3, 0.4) is 0 Å². The molecule has 7 heteroatoms. The lowest BCUT2D eigenvalue weighted by Crippen LogP contribution is -2.46. The molecule has 2 heterocycles. The number of imide groups is 1. The van der Waals surface area contributed by atoms with Gasteiger partial charge in [-0.15, -0.1) is 0 Å². The van der Waals surface area contributed by atoms with Crippen LogP contribution in [0.25, 0.3) is 10.8 Å². The van der Waals surface area contributed by atoms with Crippen LogP contribution in [0.15, 0.2) is 54.6 Å². The Morgan fingerprint density at radius 1 is 1.03 bits per heavy atom. The number of amides is 2. The number of rotatable bonds is 7. The lowest BCUT2D eigenvalue weighted by Gasteiger charge is -2.36. The quantitative estimate of drug-likeness (QED) is 0.490. The molecule has 1 N–H and O–H groups in total. The van der Waals surface area contributed by atoms with Gasteiger partial charge < -0.3 is 14.7 Å². The number of aliphatic hydroxyl groups is 1. The van der Waals surface area contributed by atoms with E-state index in [0.29, 0.717) is 29.2 Å². The zero-order valence-electron chi connectivity index (χ0n) is 19.7. The molecule has 0 aromatic heterocycles. The van der Waals surface area contributed by atoms with Gasteiger partial charge in [-0.05, 0) is 80.1 Å². The van der Waals surface area contributed by atoms with E-state index in [1.165, 1.54) is 4.90 Å². The first-order chi connectivity index (χ1) is 16.9. The van der Waals surface area contributed by atoms with E-state index in [-0.39, 0.29) is 24.3 Å². The van der Waals surface area contributed by atoms with Gasteiger partial charge in [0, 0.05) is 34.6 Å². The Morgan fingerprint density at radius 2 is 1.69 bits per heavy atom. The SMILES string of the molecule is Cc1cc(Cl)ccc1OC[C@@H](O)CN1CCC(CN2C(=O)c3cccc4cccc(c34)C2=O)CC1. The summed E-state index contributed by atoms with van der Waals surface area (Å²) in [5.41, 5.74) is 2.15. The van der Waals surface area contributed by atoms with Crippen molar-refractivity contribution in [1.29, 1.82) is 0 Å². The standard InChI is InChI=1S/C28H29ClN2O4/c1-18-14-21(29)8-9-25(18)35-17-22(32)16-30-12-10-19(11-13-30)15-31-27(33)23-6-2-4-20-5-3-7-24(26(20)23)28(31)34/h2-9,14,19,22,32H,10-13,15-17H2,1H3/t22-/m0/s1. The fourth-order valence-electron chi connectivity index (χ4n) is 5.17. The van der Waals surface area contributed by atoms with Crippen LogP contribution in [-0.2, 0) is 0 Å². The van der Waals surface area contributed by atoms with E-state index in [4.69, 9.17) is 16.3 Å². The van der Waals surface area contributed by atoms with E-state index in [1.807, 2.05) is 55.5 Å². The molecule has 0 spiro atoms. The van der Waals surface area contributed by atoms with Gasteiger partial charge in [0.25, 0.3) is 11.8 Å². The highest BCUT2D eigenvalue weighted by Crippen LogP contribution is 2.31. The highest BCUT2D eigenvalue weighted by molar-refractivity contribution is 6.30. The molecule has 0 unspecified atom stereocenters. The van der Waals surface area contributed by atoms with Gasteiger partial charge in [0.05, 0.1) is 0 Å². The molecular weight excluding hydrogens is 464 g/mol. The van der Waals surface area contributed by atoms with E-state index in [1.54, 1.807) is 6.07 Å². The Bertz CT molecular complexity index is 1220. The number of hydrogen-bond donors (Lipinski definition) is 1. The number of piperidine rings is 1. The molecule has 2 amide bonds. The number of likely N-dealkylation sites (tertiary alicyclic amines) is 1. The van der Waals surface area contributed by atoms with Crippen molar-refractivity contribution in [2.24, 2.45) is 5.92 Å². The molecule has 0 aliphatic carbocycles. The molecule has 0 saturated carbocycles. The molecule has 1 atom stereocenters. The van der Waals surface area contributed by atoms with Crippen LogP contribution in [0, 0.1) is 12.8 Å². The maximum Gasteiger partial charge on any atom is 0.261 e. The number of hydrogen-bond acceptors (Lipinski definition) is 5. The molecule has 3 aromatic carbocycles. The zero-order valence-corrected chi connectivity index (χ0v) is 20.5. The van der Waals surface area contributed by atoms with E-state index in [2.05, 4.69) is 4.90 Å². The summed E-state index contributed by atoms with van der Waals surface area (Å²) in [6, 6.07) is 16.7. The van der Waals surface area contributed by atoms with Crippen LogP contribution in [-0.4, -0.2) is 65.6 Å². The summed E-state index contributed by atoms with van der Waals surface area (Å²) in [5, 5.41) is 12.8. The number of aryl methyl sites for hydroxylation is 1. The summed E-state index contributed by atoms with van der Waals surface area (Å²) in [6.07, 6.45) is 1.13. The Labute approximate surface area is 210 Å². The third kappa shape index (κ3) is 4.92. The van der Waals surface area contributed by atoms with Gasteiger partial charge in [0.2, 0.25) is 0 Å². The average Bonchev–Trinajstić information content (AvgIpc) is 2.85. The van der Waals surface area contributed by atoms with Gasteiger partial charge in [0.15, 0.2) is 0 Å². The first kappa shape index (κ1) is 23.8. The number of ether oxygens (including phenoxy) is 1. The largest absolute Gasteiger partial charge is 0.491 e. The number of nitrogens with zero attached hydrogens (tertiary/aromatic N) is 2. The normalized spacial score (nSPS) is 17.7. The van der Waals surface area contributed by atoms with Crippen LogP contribution in [0.2, 0.25) is 5.02 Å². The monoisotopic (exact) mass is 492 g/mol. The Kier molecular flexibility index (Phi) is 6.78. The van der Waals surface area contributed by atoms with Gasteiger partial charge >= 0.3 is 0 Å². The van der Waals surface area contributed by atoms with Crippen molar-refractivity contribution in [3.05, 3.63) is 76.3 Å². The predicted octanol–water partition coefficient (Wildman–Crippen LogP) is 4.55. The molecule has 2 aliphatic rings. The van der Waals surface area contributed by atoms with Crippen molar-refractivity contribution in [2.45, 2.75) is 25.9 Å². The molecular formula is C28H29ClN2O4. The number of carbonyl (C=O) groups is 2.